The van der Waals surface area contributed by atoms with Crippen LogP contribution in [0, 0.1) is 0 Å². The summed E-state index contributed by atoms with van der Waals surface area (Å²) in [5.74, 6) is 0.816. The number of benzene rings is 2. The number of piperazine rings is 1. The van der Waals surface area contributed by atoms with E-state index in [4.69, 9.17) is 9.47 Å². The predicted octanol–water partition coefficient (Wildman–Crippen LogP) is 4.51. The fraction of sp³-hybridized carbons (Fsp3) is 0.452. The van der Waals surface area contributed by atoms with Gasteiger partial charge in [0.2, 0.25) is 0 Å². The molecule has 2 N–H and O–H groups in total. The minimum atomic E-state index is -0.711. The fourth-order valence-electron chi connectivity index (χ4n) is 5.31. The molecule has 0 aromatic heterocycles. The van der Waals surface area contributed by atoms with Gasteiger partial charge in [0, 0.05) is 51.0 Å². The average Bonchev–Trinajstić information content (AvgIpc) is 2.96. The molecule has 4 rings (SSSR count). The van der Waals surface area contributed by atoms with Gasteiger partial charge in [0.05, 0.1) is 18.2 Å². The lowest BCUT2D eigenvalue weighted by molar-refractivity contribution is -0.139. The Hall–Kier alpha value is -4.05. The monoisotopic (exact) mass is 563 g/mol. The first kappa shape index (κ1) is 29.9. The van der Waals surface area contributed by atoms with Crippen LogP contribution in [0.4, 0.5) is 9.59 Å². The Bertz CT molecular complexity index is 1250. The van der Waals surface area contributed by atoms with Crippen LogP contribution >= 0.6 is 0 Å². The summed E-state index contributed by atoms with van der Waals surface area (Å²) in [4.78, 5) is 45.2. The highest BCUT2D eigenvalue weighted by Gasteiger charge is 2.39. The van der Waals surface area contributed by atoms with E-state index >= 15 is 0 Å². The summed E-state index contributed by atoms with van der Waals surface area (Å²) < 4.78 is 11.6. The molecule has 0 bridgehead atoms. The van der Waals surface area contributed by atoms with E-state index < -0.39 is 12.0 Å². The number of carbonyl (C=O) groups is 3. The van der Waals surface area contributed by atoms with Crippen molar-refractivity contribution in [3.8, 4) is 11.5 Å². The Kier molecular flexibility index (Phi) is 10.2. The molecule has 2 heterocycles. The van der Waals surface area contributed by atoms with E-state index in [0.29, 0.717) is 67.6 Å². The van der Waals surface area contributed by atoms with Crippen LogP contribution in [0.15, 0.2) is 65.9 Å². The SMILES string of the molecule is CCCNC(=O)N1CCN(CC2=C(C(=O)OCC)C(c3cccc(Oc4ccccc4)c3)NC(=O)N2CC)CC1C. The molecule has 220 valence electrons. The van der Waals surface area contributed by atoms with Crippen molar-refractivity contribution in [2.45, 2.75) is 46.2 Å². The number of hydrogen-bond donors (Lipinski definition) is 2. The highest BCUT2D eigenvalue weighted by atomic mass is 16.5. The van der Waals surface area contributed by atoms with Gasteiger partial charge in [-0.1, -0.05) is 37.3 Å². The van der Waals surface area contributed by atoms with Gasteiger partial charge < -0.3 is 25.0 Å². The topological polar surface area (TPSA) is 103 Å². The van der Waals surface area contributed by atoms with E-state index in [2.05, 4.69) is 15.5 Å². The number of para-hydroxylation sites is 1. The Morgan fingerprint density at radius 3 is 2.46 bits per heavy atom. The molecule has 2 aromatic rings. The highest BCUT2D eigenvalue weighted by Crippen LogP contribution is 2.34. The molecule has 2 aliphatic rings. The number of hydrogen-bond acceptors (Lipinski definition) is 6. The summed E-state index contributed by atoms with van der Waals surface area (Å²) in [5, 5.41) is 5.98. The molecule has 2 atom stereocenters. The van der Waals surface area contributed by atoms with Crippen LogP contribution in [0.3, 0.4) is 0 Å². The first-order valence-electron chi connectivity index (χ1n) is 14.4. The number of amides is 4. The third-order valence-electron chi connectivity index (χ3n) is 7.29. The second kappa shape index (κ2) is 14.0. The van der Waals surface area contributed by atoms with Crippen molar-refractivity contribution < 1.29 is 23.9 Å². The van der Waals surface area contributed by atoms with Gasteiger partial charge in [0.25, 0.3) is 0 Å². The molecular formula is C31H41N5O5. The summed E-state index contributed by atoms with van der Waals surface area (Å²) in [6.45, 7) is 11.1. The predicted molar refractivity (Wildman–Crippen MR) is 157 cm³/mol. The van der Waals surface area contributed by atoms with Gasteiger partial charge in [-0.2, -0.15) is 0 Å². The van der Waals surface area contributed by atoms with Crippen molar-refractivity contribution in [3.63, 3.8) is 0 Å². The zero-order valence-corrected chi connectivity index (χ0v) is 24.4. The van der Waals surface area contributed by atoms with E-state index in [1.807, 2.05) is 80.3 Å². The second-order valence-electron chi connectivity index (χ2n) is 10.2. The lowest BCUT2D eigenvalue weighted by Gasteiger charge is -2.42. The molecule has 10 nitrogen and oxygen atoms in total. The molecule has 10 heteroatoms. The Morgan fingerprint density at radius 2 is 1.78 bits per heavy atom. The summed E-state index contributed by atoms with van der Waals surface area (Å²) in [6, 6.07) is 15.8. The summed E-state index contributed by atoms with van der Waals surface area (Å²) in [6.07, 6.45) is 0.877. The molecule has 41 heavy (non-hydrogen) atoms. The van der Waals surface area contributed by atoms with Crippen molar-refractivity contribution in [2.75, 3.05) is 45.9 Å². The zero-order valence-electron chi connectivity index (χ0n) is 24.4. The van der Waals surface area contributed by atoms with Crippen LogP contribution in [0.2, 0.25) is 0 Å². The van der Waals surface area contributed by atoms with E-state index in [0.717, 1.165) is 6.42 Å². The van der Waals surface area contributed by atoms with E-state index in [1.165, 1.54) is 0 Å². The third-order valence-corrected chi connectivity index (χ3v) is 7.29. The number of esters is 1. The van der Waals surface area contributed by atoms with Crippen molar-refractivity contribution >= 4 is 18.0 Å². The molecule has 0 spiro atoms. The third kappa shape index (κ3) is 7.18. The van der Waals surface area contributed by atoms with E-state index in [1.54, 1.807) is 11.8 Å². The van der Waals surface area contributed by atoms with Gasteiger partial charge in [0.15, 0.2) is 0 Å². The highest BCUT2D eigenvalue weighted by molar-refractivity contribution is 5.95. The Balaban J connectivity index is 1.65. The number of rotatable bonds is 10. The summed E-state index contributed by atoms with van der Waals surface area (Å²) in [7, 11) is 0. The van der Waals surface area contributed by atoms with Gasteiger partial charge in [-0.25, -0.2) is 14.4 Å². The van der Waals surface area contributed by atoms with Crippen LogP contribution in [-0.4, -0.2) is 84.6 Å². The molecule has 1 saturated heterocycles. The first-order chi connectivity index (χ1) is 19.9. The number of urea groups is 2. The van der Waals surface area contributed by atoms with E-state index in [-0.39, 0.29) is 24.7 Å². The smallest absolute Gasteiger partial charge is 0.338 e. The minimum Gasteiger partial charge on any atom is -0.463 e. The van der Waals surface area contributed by atoms with Crippen LogP contribution in [0.25, 0.3) is 0 Å². The lowest BCUT2D eigenvalue weighted by Crippen LogP contribution is -2.58. The molecule has 2 aromatic carbocycles. The van der Waals surface area contributed by atoms with Crippen LogP contribution in [0.5, 0.6) is 11.5 Å². The fourth-order valence-corrected chi connectivity index (χ4v) is 5.31. The van der Waals surface area contributed by atoms with Crippen molar-refractivity contribution in [1.82, 2.24) is 25.3 Å². The van der Waals surface area contributed by atoms with Gasteiger partial charge in [-0.05, 0) is 57.0 Å². The molecule has 4 amide bonds. The molecule has 2 unspecified atom stereocenters. The van der Waals surface area contributed by atoms with Gasteiger partial charge in [0.1, 0.15) is 11.5 Å². The van der Waals surface area contributed by atoms with Crippen molar-refractivity contribution in [2.24, 2.45) is 0 Å². The van der Waals surface area contributed by atoms with Gasteiger partial charge >= 0.3 is 18.0 Å². The second-order valence-corrected chi connectivity index (χ2v) is 10.2. The quantitative estimate of drug-likeness (QED) is 0.413. The van der Waals surface area contributed by atoms with Gasteiger partial charge in [-0.3, -0.25) is 9.80 Å². The minimum absolute atomic E-state index is 0.0256. The molecule has 2 aliphatic heterocycles. The van der Waals surface area contributed by atoms with Gasteiger partial charge in [-0.15, -0.1) is 0 Å². The number of ether oxygens (including phenoxy) is 2. The molecule has 0 saturated carbocycles. The van der Waals surface area contributed by atoms with E-state index in [9.17, 15) is 14.4 Å². The lowest BCUT2D eigenvalue weighted by atomic mass is 9.93. The molecule has 0 radical (unpaired) electrons. The number of nitrogens with one attached hydrogen (secondary N) is 2. The van der Waals surface area contributed by atoms with Crippen LogP contribution in [0.1, 0.15) is 45.7 Å². The number of carbonyl (C=O) groups excluding carboxylic acids is 3. The molecular weight excluding hydrogens is 522 g/mol. The number of nitrogens with zero attached hydrogens (tertiary/aromatic N) is 3. The van der Waals surface area contributed by atoms with Crippen molar-refractivity contribution in [3.05, 3.63) is 71.4 Å². The maximum atomic E-state index is 13.5. The van der Waals surface area contributed by atoms with Crippen molar-refractivity contribution in [1.29, 1.82) is 0 Å². The summed E-state index contributed by atoms with van der Waals surface area (Å²) in [5.41, 5.74) is 1.74. The normalized spacial score (nSPS) is 19.6. The van der Waals surface area contributed by atoms with Crippen LogP contribution < -0.4 is 15.4 Å². The first-order valence-corrected chi connectivity index (χ1v) is 14.4. The largest absolute Gasteiger partial charge is 0.463 e. The number of likely N-dealkylation sites (N-methyl/N-ethyl adjacent to an activating group) is 1. The Labute approximate surface area is 242 Å². The zero-order chi connectivity index (χ0) is 29.4. The average molecular weight is 564 g/mol. The molecule has 0 aliphatic carbocycles. The summed E-state index contributed by atoms with van der Waals surface area (Å²) >= 11 is 0. The van der Waals surface area contributed by atoms with Crippen LogP contribution in [-0.2, 0) is 9.53 Å². The maximum absolute atomic E-state index is 13.5. The standard InChI is InChI=1S/C31H41N5O5/c1-5-16-32-30(38)36-18-17-34(20-22(36)4)21-26-27(29(37)40-7-3)28(33-31(39)35(26)6-2)23-12-11-15-25(19-23)41-24-13-9-8-10-14-24/h8-15,19,22,28H,5-7,16-18,20-21H2,1-4H3,(H,32,38)(H,33,39). The Morgan fingerprint density at radius 1 is 1.02 bits per heavy atom. The molecule has 1 fully saturated rings. The maximum Gasteiger partial charge on any atom is 0.338 e.